The van der Waals surface area contributed by atoms with Crippen molar-refractivity contribution in [2.75, 3.05) is 19.1 Å². The number of thiocarbonyl (C=S) groups is 1. The highest BCUT2D eigenvalue weighted by Gasteiger charge is 2.36. The van der Waals surface area contributed by atoms with Gasteiger partial charge in [0.15, 0.2) is 5.11 Å². The summed E-state index contributed by atoms with van der Waals surface area (Å²) in [6, 6.07) is 15.1. The number of carbonyl (C=O) groups excluding carboxylic acids is 1. The van der Waals surface area contributed by atoms with Crippen LogP contribution < -0.4 is 15.0 Å². The summed E-state index contributed by atoms with van der Waals surface area (Å²) in [4.78, 5) is 14.5. The summed E-state index contributed by atoms with van der Waals surface area (Å²) in [7, 11) is 2.99. The Labute approximate surface area is 164 Å². The number of carbonyl (C=O) groups is 1. The lowest BCUT2D eigenvalue weighted by Crippen LogP contribution is -2.48. The first kappa shape index (κ1) is 18.9. The van der Waals surface area contributed by atoms with Gasteiger partial charge in [0.25, 0.3) is 0 Å². The molecule has 0 unspecified atom stereocenters. The van der Waals surface area contributed by atoms with Crippen LogP contribution >= 0.6 is 12.2 Å². The average molecular weight is 382 g/mol. The fraction of sp³-hybridized carbons (Fsp3) is 0.238. The average Bonchev–Trinajstić information content (AvgIpc) is 2.68. The Hall–Kier alpha value is -2.86. The number of ether oxygens (including phenoxy) is 2. The first-order valence-electron chi connectivity index (χ1n) is 8.57. The summed E-state index contributed by atoms with van der Waals surface area (Å²) < 4.78 is 10.6. The number of para-hydroxylation sites is 2. The largest absolute Gasteiger partial charge is 0.495 e. The Balaban J connectivity index is 2.20. The topological polar surface area (TPSA) is 50.8 Å². The Morgan fingerprint density at radius 3 is 2.41 bits per heavy atom. The van der Waals surface area contributed by atoms with Crippen molar-refractivity contribution in [3.8, 4) is 5.75 Å². The third-order valence-electron chi connectivity index (χ3n) is 4.72. The van der Waals surface area contributed by atoms with E-state index in [0.717, 1.165) is 16.8 Å². The molecule has 3 rings (SSSR count). The minimum Gasteiger partial charge on any atom is -0.495 e. The van der Waals surface area contributed by atoms with Crippen LogP contribution in [0, 0.1) is 6.92 Å². The first-order valence-corrected chi connectivity index (χ1v) is 8.98. The van der Waals surface area contributed by atoms with Crippen LogP contribution in [-0.2, 0) is 9.53 Å². The molecule has 0 fully saturated rings. The standard InChI is InChI=1S/C21H22N2O3S/c1-13-9-5-6-10-15(13)19-18(20(24)26-4)14(2)23(21(27)22-19)16-11-7-8-12-17(16)25-3/h5-12,19H,1-4H3,(H,22,27)/t19-/m0/s1. The number of anilines is 1. The van der Waals surface area contributed by atoms with Gasteiger partial charge in [-0.2, -0.15) is 0 Å². The van der Waals surface area contributed by atoms with E-state index < -0.39 is 5.97 Å². The molecule has 1 atom stereocenters. The normalized spacial score (nSPS) is 16.8. The number of nitrogens with zero attached hydrogens (tertiary/aromatic N) is 1. The van der Waals surface area contributed by atoms with Gasteiger partial charge in [-0.25, -0.2) is 4.79 Å². The van der Waals surface area contributed by atoms with Crippen LogP contribution in [0.15, 0.2) is 59.8 Å². The highest BCUT2D eigenvalue weighted by atomic mass is 32.1. The molecule has 0 spiro atoms. The Morgan fingerprint density at radius 2 is 1.74 bits per heavy atom. The van der Waals surface area contributed by atoms with Gasteiger partial charge < -0.3 is 14.8 Å². The minimum atomic E-state index is -0.393. The van der Waals surface area contributed by atoms with Crippen LogP contribution in [0.2, 0.25) is 0 Å². The van der Waals surface area contributed by atoms with Gasteiger partial charge >= 0.3 is 5.97 Å². The number of aryl methyl sites for hydroxylation is 1. The molecule has 0 saturated heterocycles. The lowest BCUT2D eigenvalue weighted by Gasteiger charge is -2.38. The summed E-state index contributed by atoms with van der Waals surface area (Å²) >= 11 is 5.66. The number of rotatable bonds is 4. The molecule has 2 aromatic rings. The molecule has 27 heavy (non-hydrogen) atoms. The third kappa shape index (κ3) is 3.40. The molecule has 1 N–H and O–H groups in total. The second-order valence-corrected chi connectivity index (χ2v) is 6.62. The van der Waals surface area contributed by atoms with E-state index in [0.29, 0.717) is 22.1 Å². The number of hydrogen-bond donors (Lipinski definition) is 1. The van der Waals surface area contributed by atoms with Gasteiger partial charge in [0.2, 0.25) is 0 Å². The Bertz CT molecular complexity index is 923. The summed E-state index contributed by atoms with van der Waals surface area (Å²) in [5.74, 6) is 0.273. The van der Waals surface area contributed by atoms with Gasteiger partial charge in [0, 0.05) is 5.70 Å². The van der Waals surface area contributed by atoms with Gasteiger partial charge in [-0.1, -0.05) is 36.4 Å². The van der Waals surface area contributed by atoms with Crippen molar-refractivity contribution < 1.29 is 14.3 Å². The zero-order valence-electron chi connectivity index (χ0n) is 15.8. The fourth-order valence-corrected chi connectivity index (χ4v) is 3.72. The predicted molar refractivity (Wildman–Crippen MR) is 110 cm³/mol. The van der Waals surface area contributed by atoms with E-state index in [9.17, 15) is 4.79 Å². The first-order chi connectivity index (χ1) is 13.0. The number of benzene rings is 2. The van der Waals surface area contributed by atoms with Crippen LogP contribution in [0.5, 0.6) is 5.75 Å². The molecule has 5 nitrogen and oxygen atoms in total. The number of allylic oxidation sites excluding steroid dienone is 1. The highest BCUT2D eigenvalue weighted by molar-refractivity contribution is 7.80. The van der Waals surface area contributed by atoms with Gasteiger partial charge in [0.1, 0.15) is 5.75 Å². The highest BCUT2D eigenvalue weighted by Crippen LogP contribution is 2.38. The van der Waals surface area contributed by atoms with Gasteiger partial charge in [-0.3, -0.25) is 4.90 Å². The molecule has 0 amide bonds. The van der Waals surface area contributed by atoms with E-state index in [2.05, 4.69) is 5.32 Å². The number of hydrogen-bond acceptors (Lipinski definition) is 4. The summed E-state index contributed by atoms with van der Waals surface area (Å²) in [5.41, 5.74) is 4.05. The van der Waals surface area contributed by atoms with Crippen LogP contribution in [0.4, 0.5) is 5.69 Å². The van der Waals surface area contributed by atoms with E-state index in [1.807, 2.05) is 67.3 Å². The maximum Gasteiger partial charge on any atom is 0.337 e. The zero-order chi connectivity index (χ0) is 19.6. The van der Waals surface area contributed by atoms with Gasteiger partial charge in [-0.15, -0.1) is 0 Å². The van der Waals surface area contributed by atoms with Crippen molar-refractivity contribution >= 4 is 29.0 Å². The minimum absolute atomic E-state index is 0.378. The smallest absolute Gasteiger partial charge is 0.337 e. The Morgan fingerprint density at radius 1 is 1.07 bits per heavy atom. The third-order valence-corrected chi connectivity index (χ3v) is 5.02. The van der Waals surface area contributed by atoms with Crippen LogP contribution in [0.3, 0.4) is 0 Å². The van der Waals surface area contributed by atoms with Crippen molar-refractivity contribution in [1.29, 1.82) is 0 Å². The predicted octanol–water partition coefficient (Wildman–Crippen LogP) is 3.89. The van der Waals surface area contributed by atoms with E-state index in [4.69, 9.17) is 21.7 Å². The molecule has 1 heterocycles. The molecular formula is C21H22N2O3S. The van der Waals surface area contributed by atoms with Crippen molar-refractivity contribution in [2.24, 2.45) is 0 Å². The van der Waals surface area contributed by atoms with E-state index in [1.165, 1.54) is 7.11 Å². The molecular weight excluding hydrogens is 360 g/mol. The lowest BCUT2D eigenvalue weighted by molar-refractivity contribution is -0.136. The fourth-order valence-electron chi connectivity index (χ4n) is 3.37. The number of nitrogens with one attached hydrogen (secondary N) is 1. The lowest BCUT2D eigenvalue weighted by atomic mass is 9.92. The van der Waals surface area contributed by atoms with E-state index in [-0.39, 0.29) is 6.04 Å². The van der Waals surface area contributed by atoms with Gasteiger partial charge in [-0.05, 0) is 49.3 Å². The van der Waals surface area contributed by atoms with Crippen molar-refractivity contribution in [2.45, 2.75) is 19.9 Å². The molecule has 0 saturated carbocycles. The molecule has 140 valence electrons. The number of esters is 1. The quantitative estimate of drug-likeness (QED) is 0.640. The van der Waals surface area contributed by atoms with Crippen molar-refractivity contribution in [3.05, 3.63) is 70.9 Å². The molecule has 0 aliphatic carbocycles. The van der Waals surface area contributed by atoms with Gasteiger partial charge in [0.05, 0.1) is 31.5 Å². The number of methoxy groups -OCH3 is 2. The molecule has 1 aliphatic heterocycles. The maximum absolute atomic E-state index is 12.7. The second kappa shape index (κ2) is 7.80. The van der Waals surface area contributed by atoms with Crippen LogP contribution in [0.1, 0.15) is 24.1 Å². The molecule has 0 aromatic heterocycles. The Kier molecular flexibility index (Phi) is 5.46. The molecule has 0 radical (unpaired) electrons. The maximum atomic E-state index is 12.7. The summed E-state index contributed by atoms with van der Waals surface area (Å²) in [6.07, 6.45) is 0. The van der Waals surface area contributed by atoms with Crippen LogP contribution in [-0.4, -0.2) is 25.3 Å². The van der Waals surface area contributed by atoms with Crippen LogP contribution in [0.25, 0.3) is 0 Å². The van der Waals surface area contributed by atoms with Crippen molar-refractivity contribution in [1.82, 2.24) is 5.32 Å². The molecule has 0 bridgehead atoms. The zero-order valence-corrected chi connectivity index (χ0v) is 16.6. The SMILES string of the molecule is COC(=O)C1=C(C)N(c2ccccc2OC)C(=S)N[C@H]1c1ccccc1C. The molecule has 1 aliphatic rings. The van der Waals surface area contributed by atoms with E-state index in [1.54, 1.807) is 7.11 Å². The van der Waals surface area contributed by atoms with Crippen molar-refractivity contribution in [3.63, 3.8) is 0 Å². The monoisotopic (exact) mass is 382 g/mol. The summed E-state index contributed by atoms with van der Waals surface area (Å²) in [6.45, 7) is 3.88. The summed E-state index contributed by atoms with van der Waals surface area (Å²) in [5, 5.41) is 3.81. The second-order valence-electron chi connectivity index (χ2n) is 6.24. The molecule has 6 heteroatoms. The van der Waals surface area contributed by atoms with E-state index >= 15 is 0 Å². The molecule has 2 aromatic carbocycles.